The Hall–Kier alpha value is -0.800. The Kier molecular flexibility index (Phi) is 4.24. The highest BCUT2D eigenvalue weighted by Crippen LogP contribution is 2.29. The fourth-order valence-corrected chi connectivity index (χ4v) is 2.69. The van der Waals surface area contributed by atoms with Gasteiger partial charge in [0.15, 0.2) is 0 Å². The Morgan fingerprint density at radius 1 is 1.47 bits per heavy atom. The maximum Gasteiger partial charge on any atom is 0.0721 e. The molecule has 0 fully saturated rings. The van der Waals surface area contributed by atoms with Crippen molar-refractivity contribution in [3.05, 3.63) is 23.5 Å². The highest BCUT2D eigenvalue weighted by atomic mass is 16.5. The van der Waals surface area contributed by atoms with Crippen LogP contribution in [-0.2, 0) is 17.7 Å². The Labute approximate surface area is 104 Å². The Balaban J connectivity index is 2.17. The molecule has 0 radical (unpaired) electrons. The van der Waals surface area contributed by atoms with Gasteiger partial charge >= 0.3 is 0 Å². The molecule has 1 aliphatic rings. The van der Waals surface area contributed by atoms with E-state index in [9.17, 15) is 0 Å². The van der Waals surface area contributed by atoms with Crippen LogP contribution < -0.4 is 5.32 Å². The molecule has 0 saturated carbocycles. The monoisotopic (exact) mass is 236 g/mol. The number of ether oxygens (including phenoxy) is 1. The highest BCUT2D eigenvalue weighted by molar-refractivity contribution is 5.29. The summed E-state index contributed by atoms with van der Waals surface area (Å²) in [5.41, 5.74) is 3.01. The summed E-state index contributed by atoms with van der Waals surface area (Å²) in [6.45, 7) is 3.06. The lowest BCUT2D eigenvalue weighted by Gasteiger charge is -2.14. The summed E-state index contributed by atoms with van der Waals surface area (Å²) in [4.78, 5) is 0. The molecule has 96 valence electrons. The molecule has 3 nitrogen and oxygen atoms in total. The van der Waals surface area contributed by atoms with Gasteiger partial charge in [-0.25, -0.2) is 0 Å². The minimum absolute atomic E-state index is 0.277. The second kappa shape index (κ2) is 5.69. The van der Waals surface area contributed by atoms with Crippen LogP contribution in [0.2, 0.25) is 0 Å². The van der Waals surface area contributed by atoms with Crippen LogP contribution in [0.25, 0.3) is 0 Å². The predicted octanol–water partition coefficient (Wildman–Crippen LogP) is 2.51. The summed E-state index contributed by atoms with van der Waals surface area (Å²) in [5, 5.41) is 3.44. The van der Waals surface area contributed by atoms with Gasteiger partial charge in [-0.3, -0.25) is 0 Å². The molecule has 0 aliphatic heterocycles. The largest absolute Gasteiger partial charge is 0.380 e. The number of hydrogen-bond donors (Lipinski definition) is 1. The zero-order valence-electron chi connectivity index (χ0n) is 11.2. The van der Waals surface area contributed by atoms with Crippen molar-refractivity contribution in [2.24, 2.45) is 0 Å². The van der Waals surface area contributed by atoms with Gasteiger partial charge in [-0.2, -0.15) is 0 Å². The van der Waals surface area contributed by atoms with Gasteiger partial charge in [-0.1, -0.05) is 6.42 Å². The van der Waals surface area contributed by atoms with Crippen molar-refractivity contribution in [1.82, 2.24) is 9.88 Å². The van der Waals surface area contributed by atoms with Gasteiger partial charge in [0.25, 0.3) is 0 Å². The lowest BCUT2D eigenvalue weighted by atomic mass is 10.1. The van der Waals surface area contributed by atoms with E-state index in [0.717, 1.165) is 6.54 Å². The zero-order valence-corrected chi connectivity index (χ0v) is 11.2. The van der Waals surface area contributed by atoms with Crippen LogP contribution >= 0.6 is 0 Å². The maximum absolute atomic E-state index is 5.33. The van der Waals surface area contributed by atoms with E-state index in [4.69, 9.17) is 4.74 Å². The first kappa shape index (κ1) is 12.7. The predicted molar refractivity (Wildman–Crippen MR) is 70.3 cm³/mol. The first-order valence-electron chi connectivity index (χ1n) is 6.63. The van der Waals surface area contributed by atoms with Gasteiger partial charge in [-0.05, 0) is 44.4 Å². The van der Waals surface area contributed by atoms with Gasteiger partial charge in [0.05, 0.1) is 6.10 Å². The third kappa shape index (κ3) is 2.90. The van der Waals surface area contributed by atoms with Crippen molar-refractivity contribution in [2.45, 2.75) is 51.3 Å². The van der Waals surface area contributed by atoms with Crippen molar-refractivity contribution >= 4 is 0 Å². The van der Waals surface area contributed by atoms with Crippen molar-refractivity contribution in [3.63, 3.8) is 0 Å². The highest BCUT2D eigenvalue weighted by Gasteiger charge is 2.19. The lowest BCUT2D eigenvalue weighted by molar-refractivity contribution is 0.103. The summed E-state index contributed by atoms with van der Waals surface area (Å²) in [7, 11) is 3.84. The lowest BCUT2D eigenvalue weighted by Crippen LogP contribution is -2.16. The molecule has 17 heavy (non-hydrogen) atoms. The van der Waals surface area contributed by atoms with Gasteiger partial charge in [0.1, 0.15) is 0 Å². The number of nitrogens with one attached hydrogen (secondary N) is 1. The number of aryl methyl sites for hydroxylation is 1. The molecule has 0 amide bonds. The topological polar surface area (TPSA) is 26.2 Å². The molecular formula is C14H24N2O. The fraction of sp³-hybridized carbons (Fsp3) is 0.714. The van der Waals surface area contributed by atoms with E-state index in [1.165, 1.54) is 36.8 Å². The van der Waals surface area contributed by atoms with Gasteiger partial charge in [0, 0.05) is 32.1 Å². The number of hydrogen-bond acceptors (Lipinski definition) is 2. The number of methoxy groups -OCH3 is 1. The van der Waals surface area contributed by atoms with Crippen molar-refractivity contribution < 1.29 is 4.74 Å². The third-order valence-corrected chi connectivity index (χ3v) is 3.78. The maximum atomic E-state index is 5.33. The van der Waals surface area contributed by atoms with E-state index in [2.05, 4.69) is 36.2 Å². The van der Waals surface area contributed by atoms with Crippen LogP contribution in [0.1, 0.15) is 43.4 Å². The van der Waals surface area contributed by atoms with Gasteiger partial charge in [-0.15, -0.1) is 0 Å². The van der Waals surface area contributed by atoms with Crippen LogP contribution in [0.4, 0.5) is 0 Å². The molecule has 0 spiro atoms. The van der Waals surface area contributed by atoms with E-state index in [-0.39, 0.29) is 6.10 Å². The van der Waals surface area contributed by atoms with Crippen molar-refractivity contribution in [1.29, 1.82) is 0 Å². The molecule has 0 saturated heterocycles. The molecule has 3 heteroatoms. The molecule has 2 rings (SSSR count). The average Bonchev–Trinajstić information content (AvgIpc) is 2.62. The number of fused-ring (bicyclic) bond motifs is 1. The molecular weight excluding hydrogens is 212 g/mol. The fourth-order valence-electron chi connectivity index (χ4n) is 2.69. The number of rotatable bonds is 4. The second-order valence-electron chi connectivity index (χ2n) is 5.07. The Morgan fingerprint density at radius 2 is 2.29 bits per heavy atom. The van der Waals surface area contributed by atoms with Gasteiger partial charge < -0.3 is 14.6 Å². The third-order valence-electron chi connectivity index (χ3n) is 3.78. The number of aromatic nitrogens is 1. The normalized spacial score (nSPS) is 21.9. The molecule has 2 unspecified atom stereocenters. The summed E-state index contributed by atoms with van der Waals surface area (Å²) in [5.74, 6) is 0. The van der Waals surface area contributed by atoms with Crippen LogP contribution in [0, 0.1) is 0 Å². The minimum Gasteiger partial charge on any atom is -0.380 e. The van der Waals surface area contributed by atoms with E-state index in [1.54, 1.807) is 7.11 Å². The molecule has 0 bridgehead atoms. The summed E-state index contributed by atoms with van der Waals surface area (Å²) >= 11 is 0. The molecule has 1 N–H and O–H groups in total. The molecule has 1 aromatic heterocycles. The van der Waals surface area contributed by atoms with Crippen molar-refractivity contribution in [3.8, 4) is 0 Å². The number of nitrogens with zero attached hydrogens (tertiary/aromatic N) is 1. The average molecular weight is 236 g/mol. The summed E-state index contributed by atoms with van der Waals surface area (Å²) < 4.78 is 7.61. The molecule has 1 heterocycles. The quantitative estimate of drug-likeness (QED) is 0.813. The van der Waals surface area contributed by atoms with Gasteiger partial charge in [0.2, 0.25) is 0 Å². The Bertz CT molecular complexity index is 359. The van der Waals surface area contributed by atoms with E-state index < -0.39 is 0 Å². The standard InChI is InChI=1S/C14H24N2O/c1-11(17-3)8-16-9-12-6-4-5-7-14(15-2)13(12)10-16/h9-11,14-15H,4-8H2,1-3H3. The molecule has 2 atom stereocenters. The zero-order chi connectivity index (χ0) is 12.3. The first-order valence-corrected chi connectivity index (χ1v) is 6.63. The molecule has 0 aromatic carbocycles. The Morgan fingerprint density at radius 3 is 3.00 bits per heavy atom. The van der Waals surface area contributed by atoms with Crippen LogP contribution in [0.3, 0.4) is 0 Å². The van der Waals surface area contributed by atoms with E-state index in [1.807, 2.05) is 0 Å². The van der Waals surface area contributed by atoms with E-state index >= 15 is 0 Å². The first-order chi connectivity index (χ1) is 8.24. The second-order valence-corrected chi connectivity index (χ2v) is 5.07. The van der Waals surface area contributed by atoms with E-state index in [0.29, 0.717) is 6.04 Å². The van der Waals surface area contributed by atoms with Crippen LogP contribution in [0.5, 0.6) is 0 Å². The molecule has 1 aromatic rings. The summed E-state index contributed by atoms with van der Waals surface area (Å²) in [6, 6.07) is 0.534. The summed E-state index contributed by atoms with van der Waals surface area (Å²) in [6.07, 6.45) is 10.0. The van der Waals surface area contributed by atoms with Crippen molar-refractivity contribution in [2.75, 3.05) is 14.2 Å². The molecule has 1 aliphatic carbocycles. The van der Waals surface area contributed by atoms with Crippen LogP contribution in [-0.4, -0.2) is 24.8 Å². The SMILES string of the molecule is CNC1CCCCc2cn(CC(C)OC)cc21. The smallest absolute Gasteiger partial charge is 0.0721 e. The minimum atomic E-state index is 0.277. The van der Waals surface area contributed by atoms with Crippen LogP contribution in [0.15, 0.2) is 12.4 Å².